The number of primary amides is 1. The van der Waals surface area contributed by atoms with Gasteiger partial charge in [0.25, 0.3) is 11.8 Å². The Balaban J connectivity index is 1.72. The quantitative estimate of drug-likeness (QED) is 0.414. The molecule has 0 radical (unpaired) electrons. The molecule has 3 N–H and O–H groups in total. The zero-order valence-electron chi connectivity index (χ0n) is 18.7. The van der Waals surface area contributed by atoms with Crippen LogP contribution in [-0.4, -0.2) is 24.4 Å². The van der Waals surface area contributed by atoms with Crippen molar-refractivity contribution in [1.29, 1.82) is 0 Å². The standard InChI is InChI=1S/C24H26N2O6S/c1-4-12-30-24(29)19-14(3)20(21(25)27)33-23(19)26-22(28)18-11-10-17(32-18)13-31-16-8-6-15(5-2)7-9-16/h6-11H,4-5,12-13H2,1-3H3,(H2,25,27)(H,26,28). The summed E-state index contributed by atoms with van der Waals surface area (Å²) in [5.41, 5.74) is 7.10. The minimum Gasteiger partial charge on any atom is -0.486 e. The van der Waals surface area contributed by atoms with Gasteiger partial charge in [0.05, 0.1) is 17.0 Å². The van der Waals surface area contributed by atoms with E-state index in [0.717, 1.165) is 17.8 Å². The van der Waals surface area contributed by atoms with Gasteiger partial charge in [-0.2, -0.15) is 0 Å². The van der Waals surface area contributed by atoms with Gasteiger partial charge in [-0.05, 0) is 55.2 Å². The third-order valence-electron chi connectivity index (χ3n) is 4.84. The second kappa shape index (κ2) is 10.8. The number of furan rings is 1. The minimum atomic E-state index is -0.688. The van der Waals surface area contributed by atoms with E-state index in [1.807, 2.05) is 31.2 Å². The molecule has 0 aliphatic rings. The van der Waals surface area contributed by atoms with Crippen molar-refractivity contribution in [2.24, 2.45) is 5.73 Å². The van der Waals surface area contributed by atoms with Gasteiger partial charge in [-0.25, -0.2) is 4.79 Å². The number of carbonyl (C=O) groups is 3. The van der Waals surface area contributed by atoms with E-state index in [1.54, 1.807) is 13.0 Å². The fourth-order valence-corrected chi connectivity index (χ4v) is 4.11. The maximum atomic E-state index is 12.7. The summed E-state index contributed by atoms with van der Waals surface area (Å²) in [6, 6.07) is 10.9. The Morgan fingerprint density at radius 2 is 1.82 bits per heavy atom. The summed E-state index contributed by atoms with van der Waals surface area (Å²) in [7, 11) is 0. The van der Waals surface area contributed by atoms with Crippen LogP contribution in [0.5, 0.6) is 5.75 Å². The molecule has 0 aliphatic heterocycles. The summed E-state index contributed by atoms with van der Waals surface area (Å²) < 4.78 is 16.5. The second-order valence-electron chi connectivity index (χ2n) is 7.27. The van der Waals surface area contributed by atoms with E-state index >= 15 is 0 Å². The molecule has 0 saturated carbocycles. The van der Waals surface area contributed by atoms with Crippen LogP contribution in [-0.2, 0) is 17.8 Å². The Hall–Kier alpha value is -3.59. The number of rotatable bonds is 10. The van der Waals surface area contributed by atoms with E-state index in [9.17, 15) is 14.4 Å². The number of thiophene rings is 1. The van der Waals surface area contributed by atoms with E-state index in [1.165, 1.54) is 11.6 Å². The van der Waals surface area contributed by atoms with Crippen molar-refractivity contribution in [3.05, 3.63) is 69.5 Å². The highest BCUT2D eigenvalue weighted by Gasteiger charge is 2.26. The lowest BCUT2D eigenvalue weighted by Gasteiger charge is -2.07. The monoisotopic (exact) mass is 470 g/mol. The number of anilines is 1. The summed E-state index contributed by atoms with van der Waals surface area (Å²) in [4.78, 5) is 37.2. The summed E-state index contributed by atoms with van der Waals surface area (Å²) in [5, 5.41) is 2.81. The molecule has 8 nitrogen and oxygen atoms in total. The zero-order valence-corrected chi connectivity index (χ0v) is 19.5. The van der Waals surface area contributed by atoms with Crippen molar-refractivity contribution in [3.63, 3.8) is 0 Å². The number of hydrogen-bond acceptors (Lipinski definition) is 7. The highest BCUT2D eigenvalue weighted by atomic mass is 32.1. The molecule has 0 bridgehead atoms. The van der Waals surface area contributed by atoms with Crippen LogP contribution in [0.1, 0.15) is 67.7 Å². The fraction of sp³-hybridized carbons (Fsp3) is 0.292. The number of ether oxygens (including phenoxy) is 2. The van der Waals surface area contributed by atoms with Gasteiger partial charge in [0.15, 0.2) is 5.76 Å². The predicted octanol–water partition coefficient (Wildman–Crippen LogP) is 4.71. The molecule has 9 heteroatoms. The van der Waals surface area contributed by atoms with E-state index in [4.69, 9.17) is 19.6 Å². The predicted molar refractivity (Wildman–Crippen MR) is 125 cm³/mol. The normalized spacial score (nSPS) is 10.6. The number of nitrogens with two attached hydrogens (primary N) is 1. The minimum absolute atomic E-state index is 0.0366. The van der Waals surface area contributed by atoms with Crippen molar-refractivity contribution in [3.8, 4) is 5.75 Å². The van der Waals surface area contributed by atoms with Gasteiger partial charge in [0.1, 0.15) is 23.1 Å². The maximum Gasteiger partial charge on any atom is 0.341 e. The number of aryl methyl sites for hydroxylation is 1. The molecule has 2 amide bonds. The highest BCUT2D eigenvalue weighted by Crippen LogP contribution is 2.34. The summed E-state index contributed by atoms with van der Waals surface area (Å²) in [6.07, 6.45) is 1.58. The molecule has 0 fully saturated rings. The van der Waals surface area contributed by atoms with Gasteiger partial charge in [-0.1, -0.05) is 26.0 Å². The topological polar surface area (TPSA) is 121 Å². The van der Waals surface area contributed by atoms with Crippen molar-refractivity contribution < 1.29 is 28.3 Å². The number of esters is 1. The number of carbonyl (C=O) groups excluding carboxylic acids is 3. The molecule has 3 aromatic rings. The first kappa shape index (κ1) is 24.1. The van der Waals surface area contributed by atoms with Crippen molar-refractivity contribution in [2.45, 2.75) is 40.2 Å². The lowest BCUT2D eigenvalue weighted by Crippen LogP contribution is -2.15. The lowest BCUT2D eigenvalue weighted by molar-refractivity contribution is 0.0506. The fourth-order valence-electron chi connectivity index (χ4n) is 3.07. The number of nitrogens with one attached hydrogen (secondary N) is 1. The van der Waals surface area contributed by atoms with Crippen LogP contribution in [0.15, 0.2) is 40.8 Å². The molecule has 2 aromatic heterocycles. The molecule has 0 unspecified atom stereocenters. The SMILES string of the molecule is CCCOC(=O)c1c(NC(=O)c2ccc(COc3ccc(CC)cc3)o2)sc(C(N)=O)c1C. The van der Waals surface area contributed by atoms with Gasteiger partial charge in [0.2, 0.25) is 0 Å². The highest BCUT2D eigenvalue weighted by molar-refractivity contribution is 7.18. The first-order valence-corrected chi connectivity index (χ1v) is 11.4. The van der Waals surface area contributed by atoms with Crippen LogP contribution < -0.4 is 15.8 Å². The van der Waals surface area contributed by atoms with Gasteiger partial charge in [-0.3, -0.25) is 9.59 Å². The van der Waals surface area contributed by atoms with E-state index in [0.29, 0.717) is 23.5 Å². The van der Waals surface area contributed by atoms with Crippen molar-refractivity contribution in [2.75, 3.05) is 11.9 Å². The molecular weight excluding hydrogens is 444 g/mol. The summed E-state index contributed by atoms with van der Waals surface area (Å²) >= 11 is 0.923. The number of benzene rings is 1. The third-order valence-corrected chi connectivity index (χ3v) is 6.06. The van der Waals surface area contributed by atoms with Crippen LogP contribution in [0, 0.1) is 6.92 Å². The number of amides is 2. The van der Waals surface area contributed by atoms with E-state index in [2.05, 4.69) is 12.2 Å². The molecule has 3 rings (SSSR count). The van der Waals surface area contributed by atoms with Crippen LogP contribution in [0.2, 0.25) is 0 Å². The Morgan fingerprint density at radius 1 is 1.09 bits per heavy atom. The van der Waals surface area contributed by atoms with Crippen LogP contribution in [0.3, 0.4) is 0 Å². The van der Waals surface area contributed by atoms with Crippen molar-refractivity contribution in [1.82, 2.24) is 0 Å². The molecule has 0 spiro atoms. The van der Waals surface area contributed by atoms with Gasteiger partial charge >= 0.3 is 5.97 Å². The lowest BCUT2D eigenvalue weighted by atomic mass is 10.1. The third kappa shape index (κ3) is 5.81. The summed E-state index contributed by atoms with van der Waals surface area (Å²) in [6.45, 7) is 5.90. The van der Waals surface area contributed by atoms with Crippen LogP contribution in [0.4, 0.5) is 5.00 Å². The molecule has 33 heavy (non-hydrogen) atoms. The molecule has 2 heterocycles. The first-order valence-electron chi connectivity index (χ1n) is 10.6. The van der Waals surface area contributed by atoms with Crippen LogP contribution in [0.25, 0.3) is 0 Å². The maximum absolute atomic E-state index is 12.7. The smallest absolute Gasteiger partial charge is 0.341 e. The molecule has 0 aliphatic carbocycles. The van der Waals surface area contributed by atoms with E-state index < -0.39 is 17.8 Å². The van der Waals surface area contributed by atoms with Crippen molar-refractivity contribution >= 4 is 34.1 Å². The van der Waals surface area contributed by atoms with E-state index in [-0.39, 0.29) is 34.4 Å². The molecule has 0 saturated heterocycles. The molecule has 1 aromatic carbocycles. The van der Waals surface area contributed by atoms with Crippen LogP contribution >= 0.6 is 11.3 Å². The Morgan fingerprint density at radius 3 is 2.45 bits per heavy atom. The molecule has 174 valence electrons. The summed E-state index contributed by atoms with van der Waals surface area (Å²) in [5.74, 6) is -0.701. The average Bonchev–Trinajstić information content (AvgIpc) is 3.41. The van der Waals surface area contributed by atoms with Gasteiger partial charge in [-0.15, -0.1) is 11.3 Å². The Bertz CT molecular complexity index is 1150. The average molecular weight is 471 g/mol. The first-order chi connectivity index (χ1) is 15.8. The second-order valence-corrected chi connectivity index (χ2v) is 8.29. The Labute approximate surface area is 195 Å². The number of hydrogen-bond donors (Lipinski definition) is 2. The zero-order chi connectivity index (χ0) is 24.0. The molecule has 0 atom stereocenters. The largest absolute Gasteiger partial charge is 0.486 e. The Kier molecular flexibility index (Phi) is 7.89. The van der Waals surface area contributed by atoms with Gasteiger partial charge in [0, 0.05) is 0 Å². The molecular formula is C24H26N2O6S. The van der Waals surface area contributed by atoms with Gasteiger partial charge < -0.3 is 24.9 Å².